The molecule has 0 atom stereocenters. The monoisotopic (exact) mass is 346 g/mol. The Bertz CT molecular complexity index is 818. The van der Waals surface area contributed by atoms with Crippen LogP contribution in [-0.2, 0) is 0 Å². The summed E-state index contributed by atoms with van der Waals surface area (Å²) in [5, 5.41) is 0.693. The topological polar surface area (TPSA) is 38.4 Å². The quantitative estimate of drug-likeness (QED) is 0.481. The van der Waals surface area contributed by atoms with Crippen molar-refractivity contribution in [1.29, 1.82) is 0 Å². The predicted molar refractivity (Wildman–Crippen MR) is 110 cm³/mol. The lowest BCUT2D eigenvalue weighted by Crippen LogP contribution is -2.10. The minimum Gasteiger partial charge on any atom is -0.378 e. The third kappa shape index (κ3) is 4.52. The molecule has 0 unspecified atom stereocenters. The second-order valence-electron chi connectivity index (χ2n) is 6.04. The van der Waals surface area contributed by atoms with Crippen LogP contribution in [0.5, 0.6) is 0 Å². The second-order valence-corrected chi connectivity index (χ2v) is 7.16. The van der Waals surface area contributed by atoms with Gasteiger partial charge in [0.25, 0.3) is 0 Å². The number of hydrogen-bond acceptors (Lipinski definition) is 2. The van der Waals surface area contributed by atoms with Gasteiger partial charge in [0, 0.05) is 0 Å². The van der Waals surface area contributed by atoms with Crippen LogP contribution in [0.4, 0.5) is 5.69 Å². The Balaban J connectivity index is 1.89. The van der Waals surface area contributed by atoms with E-state index in [0.717, 1.165) is 5.69 Å². The first kappa shape index (κ1) is 17.3. The standard InChI is InChI=1S/C22H22N2S/c1-16-13-14-20(15-17(16)2)24-22(23)25-21(18-9-5-3-6-10-18)19-11-7-4-8-12-19/h3-15,21H,1-2H3,(H2,23,24). The molecule has 0 spiro atoms. The van der Waals surface area contributed by atoms with Crippen molar-refractivity contribution in [2.24, 2.45) is 10.7 Å². The molecule has 0 aliphatic carbocycles. The Morgan fingerprint density at radius 2 is 1.36 bits per heavy atom. The molecule has 0 amide bonds. The molecule has 0 aliphatic rings. The largest absolute Gasteiger partial charge is 0.378 e. The van der Waals surface area contributed by atoms with Gasteiger partial charge in [0.2, 0.25) is 0 Å². The number of thioether (sulfide) groups is 1. The lowest BCUT2D eigenvalue weighted by Gasteiger charge is -2.17. The van der Waals surface area contributed by atoms with E-state index in [1.807, 2.05) is 18.2 Å². The van der Waals surface area contributed by atoms with Crippen LogP contribution in [0.1, 0.15) is 27.5 Å². The van der Waals surface area contributed by atoms with Crippen molar-refractivity contribution in [1.82, 2.24) is 0 Å². The van der Waals surface area contributed by atoms with Gasteiger partial charge in [-0.15, -0.1) is 0 Å². The molecule has 3 heteroatoms. The fourth-order valence-corrected chi connectivity index (χ4v) is 3.64. The van der Waals surface area contributed by atoms with Crippen LogP contribution in [0, 0.1) is 13.8 Å². The van der Waals surface area contributed by atoms with Gasteiger partial charge in [-0.05, 0) is 48.2 Å². The van der Waals surface area contributed by atoms with Gasteiger partial charge in [-0.2, -0.15) is 0 Å². The van der Waals surface area contributed by atoms with Crippen LogP contribution >= 0.6 is 11.8 Å². The summed E-state index contributed by atoms with van der Waals surface area (Å²) in [5.74, 6) is 0. The van der Waals surface area contributed by atoms with Crippen LogP contribution in [0.2, 0.25) is 0 Å². The van der Waals surface area contributed by atoms with Crippen LogP contribution in [-0.4, -0.2) is 5.17 Å². The average Bonchev–Trinajstić information content (AvgIpc) is 2.64. The molecular weight excluding hydrogens is 324 g/mol. The summed E-state index contributed by atoms with van der Waals surface area (Å²) < 4.78 is 0. The highest BCUT2D eigenvalue weighted by atomic mass is 32.2. The molecule has 3 rings (SSSR count). The van der Waals surface area contributed by atoms with Crippen LogP contribution in [0.15, 0.2) is 83.9 Å². The Labute approximate surface area is 153 Å². The number of nitrogens with zero attached hydrogens (tertiary/aromatic N) is 1. The van der Waals surface area contributed by atoms with Crippen molar-refractivity contribution in [3.8, 4) is 0 Å². The highest BCUT2D eigenvalue weighted by Crippen LogP contribution is 2.36. The van der Waals surface area contributed by atoms with Crippen molar-refractivity contribution in [2.45, 2.75) is 19.1 Å². The molecule has 0 radical (unpaired) electrons. The van der Waals surface area contributed by atoms with E-state index in [0.29, 0.717) is 5.17 Å². The zero-order chi connectivity index (χ0) is 17.6. The number of nitrogens with two attached hydrogens (primary N) is 1. The number of rotatable bonds is 4. The van der Waals surface area contributed by atoms with E-state index >= 15 is 0 Å². The first-order valence-corrected chi connectivity index (χ1v) is 9.19. The number of aliphatic imine (C=N–C) groups is 1. The van der Waals surface area contributed by atoms with E-state index in [9.17, 15) is 0 Å². The minimum absolute atomic E-state index is 0.123. The van der Waals surface area contributed by atoms with Gasteiger partial charge < -0.3 is 5.73 Å². The maximum absolute atomic E-state index is 6.28. The molecule has 0 saturated heterocycles. The number of benzene rings is 3. The van der Waals surface area contributed by atoms with Gasteiger partial charge in [0.1, 0.15) is 0 Å². The lowest BCUT2D eigenvalue weighted by molar-refractivity contribution is 1.16. The highest BCUT2D eigenvalue weighted by Gasteiger charge is 2.16. The van der Waals surface area contributed by atoms with Gasteiger partial charge in [0.15, 0.2) is 5.17 Å². The van der Waals surface area contributed by atoms with Gasteiger partial charge >= 0.3 is 0 Å². The normalized spacial score (nSPS) is 11.7. The Morgan fingerprint density at radius 3 is 1.88 bits per heavy atom. The zero-order valence-corrected chi connectivity index (χ0v) is 15.3. The summed E-state index contributed by atoms with van der Waals surface area (Å²) in [5.41, 5.74) is 12.1. The minimum atomic E-state index is 0.123. The van der Waals surface area contributed by atoms with E-state index in [1.54, 1.807) is 11.8 Å². The van der Waals surface area contributed by atoms with E-state index in [4.69, 9.17) is 5.73 Å². The molecule has 0 aromatic heterocycles. The highest BCUT2D eigenvalue weighted by molar-refractivity contribution is 8.14. The third-order valence-electron chi connectivity index (χ3n) is 4.17. The van der Waals surface area contributed by atoms with Crippen molar-refractivity contribution in [3.05, 3.63) is 101 Å². The summed E-state index contributed by atoms with van der Waals surface area (Å²) in [6.45, 7) is 4.19. The van der Waals surface area contributed by atoms with E-state index in [1.165, 1.54) is 22.3 Å². The molecule has 0 heterocycles. The SMILES string of the molecule is Cc1ccc(N=C(N)SC(c2ccccc2)c2ccccc2)cc1C. The number of amidine groups is 1. The molecule has 3 aromatic carbocycles. The van der Waals surface area contributed by atoms with Crippen molar-refractivity contribution < 1.29 is 0 Å². The third-order valence-corrected chi connectivity index (χ3v) is 5.29. The molecule has 2 nitrogen and oxygen atoms in total. The predicted octanol–water partition coefficient (Wildman–Crippen LogP) is 5.77. The zero-order valence-electron chi connectivity index (χ0n) is 14.5. The summed E-state index contributed by atoms with van der Waals surface area (Å²) in [6.07, 6.45) is 0. The number of aryl methyl sites for hydroxylation is 2. The molecule has 126 valence electrons. The molecule has 0 saturated carbocycles. The molecule has 0 fully saturated rings. The van der Waals surface area contributed by atoms with Crippen molar-refractivity contribution in [3.63, 3.8) is 0 Å². The van der Waals surface area contributed by atoms with Crippen LogP contribution < -0.4 is 5.73 Å². The molecular formula is C22H22N2S. The van der Waals surface area contributed by atoms with Crippen LogP contribution in [0.3, 0.4) is 0 Å². The molecule has 0 bridgehead atoms. The van der Waals surface area contributed by atoms with Gasteiger partial charge in [-0.1, -0.05) is 78.5 Å². The van der Waals surface area contributed by atoms with Gasteiger partial charge in [-0.3, -0.25) is 0 Å². The van der Waals surface area contributed by atoms with Crippen LogP contribution in [0.25, 0.3) is 0 Å². The van der Waals surface area contributed by atoms with Gasteiger partial charge in [0.05, 0.1) is 10.9 Å². The second kappa shape index (κ2) is 8.04. The molecule has 25 heavy (non-hydrogen) atoms. The first-order chi connectivity index (χ1) is 12.1. The Hall–Kier alpha value is -2.52. The fraction of sp³-hybridized carbons (Fsp3) is 0.136. The molecule has 2 N–H and O–H groups in total. The average molecular weight is 346 g/mol. The maximum atomic E-state index is 6.28. The Morgan fingerprint density at radius 1 is 0.800 bits per heavy atom. The smallest absolute Gasteiger partial charge is 0.160 e. The summed E-state index contributed by atoms with van der Waals surface area (Å²) in [6, 6.07) is 27.0. The van der Waals surface area contributed by atoms with Gasteiger partial charge in [-0.25, -0.2) is 4.99 Å². The fourth-order valence-electron chi connectivity index (χ4n) is 2.65. The number of hydrogen-bond donors (Lipinski definition) is 1. The molecule has 0 aliphatic heterocycles. The first-order valence-electron chi connectivity index (χ1n) is 8.31. The Kier molecular flexibility index (Phi) is 5.56. The summed E-state index contributed by atoms with van der Waals surface area (Å²) in [4.78, 5) is 4.61. The summed E-state index contributed by atoms with van der Waals surface area (Å²) in [7, 11) is 0. The van der Waals surface area contributed by atoms with Crippen molar-refractivity contribution in [2.75, 3.05) is 0 Å². The maximum Gasteiger partial charge on any atom is 0.160 e. The van der Waals surface area contributed by atoms with Crippen molar-refractivity contribution >= 4 is 22.6 Å². The van der Waals surface area contributed by atoms with E-state index in [2.05, 4.69) is 79.5 Å². The van der Waals surface area contributed by atoms with E-state index < -0.39 is 0 Å². The summed E-state index contributed by atoms with van der Waals surface area (Å²) >= 11 is 1.58. The lowest BCUT2D eigenvalue weighted by atomic mass is 10.0. The van der Waals surface area contributed by atoms with E-state index in [-0.39, 0.29) is 5.25 Å². The molecule has 3 aromatic rings.